The van der Waals surface area contributed by atoms with Crippen LogP contribution < -0.4 is 0 Å². The molecule has 0 spiro atoms. The quantitative estimate of drug-likeness (QED) is 0.562. The molecule has 0 aromatic carbocycles. The van der Waals surface area contributed by atoms with Gasteiger partial charge >= 0.3 is 0 Å². The summed E-state index contributed by atoms with van der Waals surface area (Å²) in [6, 6.07) is 0. The first kappa shape index (κ1) is 7.55. The molecule has 0 unspecified atom stereocenters. The molecule has 0 saturated heterocycles. The van der Waals surface area contributed by atoms with Crippen molar-refractivity contribution in [2.45, 2.75) is 20.8 Å². The first-order chi connectivity index (χ1) is 4.63. The highest BCUT2D eigenvalue weighted by Crippen LogP contribution is 2.20. The standard InChI is InChI=1S/C8H10ClN/c1-5-4-10-7(3)6(2)8(5)9/h4H,1-3H3. The monoisotopic (exact) mass is 155 g/mol. The summed E-state index contributed by atoms with van der Waals surface area (Å²) in [6.07, 6.45) is 1.80. The Kier molecular flexibility index (Phi) is 1.95. The first-order valence-corrected chi connectivity index (χ1v) is 3.59. The van der Waals surface area contributed by atoms with Gasteiger partial charge in [0, 0.05) is 16.9 Å². The smallest absolute Gasteiger partial charge is 0.0497 e. The summed E-state index contributed by atoms with van der Waals surface area (Å²) in [5.41, 5.74) is 3.14. The van der Waals surface area contributed by atoms with Gasteiger partial charge < -0.3 is 0 Å². The van der Waals surface area contributed by atoms with Crippen molar-refractivity contribution >= 4 is 11.6 Å². The average molecular weight is 156 g/mol. The number of halogens is 1. The molecule has 0 atom stereocenters. The van der Waals surface area contributed by atoms with Gasteiger partial charge in [-0.15, -0.1) is 0 Å². The Morgan fingerprint density at radius 1 is 1.30 bits per heavy atom. The highest BCUT2D eigenvalue weighted by molar-refractivity contribution is 6.32. The minimum atomic E-state index is 0.840. The van der Waals surface area contributed by atoms with E-state index in [2.05, 4.69) is 4.98 Å². The molecular formula is C8H10ClN. The molecule has 54 valence electrons. The molecule has 1 nitrogen and oxygen atoms in total. The molecule has 1 aromatic rings. The van der Waals surface area contributed by atoms with Crippen molar-refractivity contribution in [1.82, 2.24) is 4.98 Å². The number of hydrogen-bond acceptors (Lipinski definition) is 1. The third kappa shape index (κ3) is 1.14. The van der Waals surface area contributed by atoms with Gasteiger partial charge in [-0.25, -0.2) is 0 Å². The van der Waals surface area contributed by atoms with E-state index in [9.17, 15) is 0 Å². The highest BCUT2D eigenvalue weighted by Gasteiger charge is 2.01. The van der Waals surface area contributed by atoms with E-state index >= 15 is 0 Å². The van der Waals surface area contributed by atoms with E-state index in [1.165, 1.54) is 0 Å². The Hall–Kier alpha value is -0.560. The second-order valence-electron chi connectivity index (χ2n) is 2.47. The van der Waals surface area contributed by atoms with Gasteiger partial charge in [0.15, 0.2) is 0 Å². The number of aryl methyl sites for hydroxylation is 2. The van der Waals surface area contributed by atoms with Crippen molar-refractivity contribution in [1.29, 1.82) is 0 Å². The lowest BCUT2D eigenvalue weighted by atomic mass is 10.2. The summed E-state index contributed by atoms with van der Waals surface area (Å²) < 4.78 is 0. The minimum absolute atomic E-state index is 0.840. The van der Waals surface area contributed by atoms with Gasteiger partial charge in [0.05, 0.1) is 0 Å². The molecule has 0 aliphatic carbocycles. The molecule has 0 aliphatic rings. The van der Waals surface area contributed by atoms with Crippen LogP contribution in [0.4, 0.5) is 0 Å². The molecule has 0 bridgehead atoms. The van der Waals surface area contributed by atoms with E-state index in [-0.39, 0.29) is 0 Å². The maximum atomic E-state index is 5.94. The second kappa shape index (κ2) is 2.59. The number of aromatic nitrogens is 1. The maximum Gasteiger partial charge on any atom is 0.0497 e. The highest BCUT2D eigenvalue weighted by atomic mass is 35.5. The van der Waals surface area contributed by atoms with Crippen LogP contribution in [0, 0.1) is 20.8 Å². The summed E-state index contributed by atoms with van der Waals surface area (Å²) in [5, 5.41) is 0.840. The van der Waals surface area contributed by atoms with Gasteiger partial charge in [0.25, 0.3) is 0 Å². The van der Waals surface area contributed by atoms with E-state index in [0.717, 1.165) is 21.8 Å². The molecule has 10 heavy (non-hydrogen) atoms. The number of hydrogen-bond donors (Lipinski definition) is 0. The molecule has 0 amide bonds. The Morgan fingerprint density at radius 3 is 2.40 bits per heavy atom. The lowest BCUT2D eigenvalue weighted by molar-refractivity contribution is 1.12. The van der Waals surface area contributed by atoms with Crippen LogP contribution in [0.5, 0.6) is 0 Å². The molecule has 0 N–H and O–H groups in total. The van der Waals surface area contributed by atoms with Crippen molar-refractivity contribution < 1.29 is 0 Å². The van der Waals surface area contributed by atoms with E-state index in [1.807, 2.05) is 20.8 Å². The molecule has 0 aliphatic heterocycles. The molecule has 1 rings (SSSR count). The lowest BCUT2D eigenvalue weighted by Crippen LogP contribution is -1.89. The third-order valence-electron chi connectivity index (χ3n) is 1.67. The van der Waals surface area contributed by atoms with Crippen molar-refractivity contribution in [3.8, 4) is 0 Å². The van der Waals surface area contributed by atoms with Gasteiger partial charge in [0.1, 0.15) is 0 Å². The third-order valence-corrected chi connectivity index (χ3v) is 2.25. The maximum absolute atomic E-state index is 5.94. The van der Waals surface area contributed by atoms with E-state index in [4.69, 9.17) is 11.6 Å². The van der Waals surface area contributed by atoms with E-state index in [0.29, 0.717) is 0 Å². The predicted molar refractivity (Wildman–Crippen MR) is 43.5 cm³/mol. The summed E-state index contributed by atoms with van der Waals surface area (Å²) in [7, 11) is 0. The zero-order valence-corrected chi connectivity index (χ0v) is 7.16. The van der Waals surface area contributed by atoms with Gasteiger partial charge in [-0.1, -0.05) is 11.6 Å². The SMILES string of the molecule is Cc1cnc(C)c(C)c1Cl. The van der Waals surface area contributed by atoms with Crippen LogP contribution >= 0.6 is 11.6 Å². The molecule has 1 heterocycles. The fourth-order valence-corrected chi connectivity index (χ4v) is 0.987. The van der Waals surface area contributed by atoms with Crippen LogP contribution in [0.1, 0.15) is 16.8 Å². The molecule has 2 heteroatoms. The van der Waals surface area contributed by atoms with Gasteiger partial charge in [-0.3, -0.25) is 4.98 Å². The van der Waals surface area contributed by atoms with Crippen molar-refractivity contribution in [3.05, 3.63) is 28.0 Å². The Bertz CT molecular complexity index is 229. The Morgan fingerprint density at radius 2 is 1.90 bits per heavy atom. The summed E-state index contributed by atoms with van der Waals surface area (Å²) >= 11 is 5.94. The molecule has 0 saturated carbocycles. The zero-order valence-electron chi connectivity index (χ0n) is 6.40. The zero-order chi connectivity index (χ0) is 7.72. The lowest BCUT2D eigenvalue weighted by Gasteiger charge is -2.02. The number of nitrogens with zero attached hydrogens (tertiary/aromatic N) is 1. The van der Waals surface area contributed by atoms with Gasteiger partial charge in [-0.2, -0.15) is 0 Å². The molecule has 0 radical (unpaired) electrons. The Balaban J connectivity index is 3.34. The Labute approximate surface area is 66.0 Å². The average Bonchev–Trinajstić information content (AvgIpc) is 1.93. The first-order valence-electron chi connectivity index (χ1n) is 3.21. The van der Waals surface area contributed by atoms with Gasteiger partial charge in [-0.05, 0) is 31.9 Å². The molecular weight excluding hydrogens is 146 g/mol. The summed E-state index contributed by atoms with van der Waals surface area (Å²) in [6.45, 7) is 5.90. The van der Waals surface area contributed by atoms with E-state index < -0.39 is 0 Å². The van der Waals surface area contributed by atoms with Crippen molar-refractivity contribution in [2.75, 3.05) is 0 Å². The van der Waals surface area contributed by atoms with Crippen LogP contribution in [0.3, 0.4) is 0 Å². The summed E-state index contributed by atoms with van der Waals surface area (Å²) in [5.74, 6) is 0. The normalized spacial score (nSPS) is 10.0. The van der Waals surface area contributed by atoms with Crippen molar-refractivity contribution in [2.24, 2.45) is 0 Å². The van der Waals surface area contributed by atoms with Gasteiger partial charge in [0.2, 0.25) is 0 Å². The van der Waals surface area contributed by atoms with Crippen LogP contribution in [-0.4, -0.2) is 4.98 Å². The number of pyridine rings is 1. The van der Waals surface area contributed by atoms with E-state index in [1.54, 1.807) is 6.20 Å². The largest absolute Gasteiger partial charge is 0.261 e. The van der Waals surface area contributed by atoms with Crippen molar-refractivity contribution in [3.63, 3.8) is 0 Å². The number of rotatable bonds is 0. The van der Waals surface area contributed by atoms with Crippen LogP contribution in [0.25, 0.3) is 0 Å². The molecule has 1 aromatic heterocycles. The van der Waals surface area contributed by atoms with Crippen LogP contribution in [-0.2, 0) is 0 Å². The summed E-state index contributed by atoms with van der Waals surface area (Å²) in [4.78, 5) is 4.15. The fraction of sp³-hybridized carbons (Fsp3) is 0.375. The topological polar surface area (TPSA) is 12.9 Å². The molecule has 0 fully saturated rings. The second-order valence-corrected chi connectivity index (χ2v) is 2.84. The fourth-order valence-electron chi connectivity index (χ4n) is 0.802. The van der Waals surface area contributed by atoms with Crippen LogP contribution in [0.15, 0.2) is 6.20 Å². The predicted octanol–water partition coefficient (Wildman–Crippen LogP) is 2.66. The van der Waals surface area contributed by atoms with Crippen LogP contribution in [0.2, 0.25) is 5.02 Å². The minimum Gasteiger partial charge on any atom is -0.261 e.